The second-order valence-corrected chi connectivity index (χ2v) is 10.5. The van der Waals surface area contributed by atoms with Crippen LogP contribution in [0.1, 0.15) is 39.7 Å². The third-order valence-corrected chi connectivity index (χ3v) is 6.54. The number of carbonyl (C=O) groups excluding carboxylic acids is 1. The Morgan fingerprint density at radius 3 is 2.58 bits per heavy atom. The first-order valence-corrected chi connectivity index (χ1v) is 12.9. The summed E-state index contributed by atoms with van der Waals surface area (Å²) in [5.74, 6) is 1.90. The molecule has 0 bridgehead atoms. The molecular weight excluding hydrogens is 490 g/mol. The van der Waals surface area contributed by atoms with Gasteiger partial charge in [0.25, 0.3) is 0 Å². The summed E-state index contributed by atoms with van der Waals surface area (Å²) in [5, 5.41) is 0. The van der Waals surface area contributed by atoms with Gasteiger partial charge in [-0.3, -0.25) is 4.98 Å². The van der Waals surface area contributed by atoms with Gasteiger partial charge in [-0.2, -0.15) is 0 Å². The number of methoxy groups -OCH3 is 1. The molecule has 0 spiro atoms. The molecular formula is C26H35N7O5. The van der Waals surface area contributed by atoms with Gasteiger partial charge in [-0.1, -0.05) is 0 Å². The van der Waals surface area contributed by atoms with Gasteiger partial charge < -0.3 is 33.3 Å². The molecule has 2 saturated heterocycles. The maximum atomic E-state index is 12.6. The number of pyridine rings is 1. The number of morpholine rings is 1. The topological polar surface area (TPSA) is 117 Å². The number of hydrogen-bond donors (Lipinski definition) is 0. The van der Waals surface area contributed by atoms with E-state index in [-0.39, 0.29) is 18.9 Å². The number of imidazole rings is 1. The number of amides is 1. The van der Waals surface area contributed by atoms with Gasteiger partial charge in [-0.05, 0) is 39.7 Å². The van der Waals surface area contributed by atoms with Crippen LogP contribution in [0.5, 0.6) is 5.75 Å². The van der Waals surface area contributed by atoms with Gasteiger partial charge in [-0.15, -0.1) is 0 Å². The van der Waals surface area contributed by atoms with Crippen molar-refractivity contribution >= 4 is 23.1 Å². The molecule has 0 aromatic carbocycles. The van der Waals surface area contributed by atoms with Crippen LogP contribution in [0.25, 0.3) is 22.6 Å². The van der Waals surface area contributed by atoms with E-state index >= 15 is 0 Å². The molecule has 0 radical (unpaired) electrons. The van der Waals surface area contributed by atoms with Crippen molar-refractivity contribution < 1.29 is 23.7 Å². The van der Waals surface area contributed by atoms with Crippen LogP contribution in [0.2, 0.25) is 0 Å². The molecule has 2 fully saturated rings. The van der Waals surface area contributed by atoms with Gasteiger partial charge in [0.05, 0.1) is 25.7 Å². The average Bonchev–Trinajstić information content (AvgIpc) is 3.35. The highest BCUT2D eigenvalue weighted by Crippen LogP contribution is 2.32. The number of rotatable bonds is 6. The third kappa shape index (κ3) is 5.81. The predicted molar refractivity (Wildman–Crippen MR) is 140 cm³/mol. The van der Waals surface area contributed by atoms with E-state index in [0.717, 1.165) is 48.5 Å². The van der Waals surface area contributed by atoms with Crippen LogP contribution in [-0.4, -0.2) is 94.4 Å². The first kappa shape index (κ1) is 26.1. The average molecular weight is 526 g/mol. The third-order valence-electron chi connectivity index (χ3n) is 6.54. The van der Waals surface area contributed by atoms with Gasteiger partial charge >= 0.3 is 6.09 Å². The summed E-state index contributed by atoms with van der Waals surface area (Å²) in [6.45, 7) is 9.70. The zero-order valence-corrected chi connectivity index (χ0v) is 22.4. The Hall–Kier alpha value is -3.51. The molecule has 0 unspecified atom stereocenters. The molecule has 0 aliphatic carbocycles. The predicted octanol–water partition coefficient (Wildman–Crippen LogP) is 3.28. The van der Waals surface area contributed by atoms with Crippen LogP contribution in [0.3, 0.4) is 0 Å². The van der Waals surface area contributed by atoms with Gasteiger partial charge in [0.1, 0.15) is 11.4 Å². The first-order valence-electron chi connectivity index (χ1n) is 12.9. The molecule has 3 aromatic rings. The fourth-order valence-electron chi connectivity index (χ4n) is 4.69. The van der Waals surface area contributed by atoms with Crippen molar-refractivity contribution in [2.24, 2.45) is 0 Å². The van der Waals surface area contributed by atoms with Crippen molar-refractivity contribution in [1.29, 1.82) is 0 Å². The summed E-state index contributed by atoms with van der Waals surface area (Å²) in [6, 6.07) is 2.00. The monoisotopic (exact) mass is 525 g/mol. The highest BCUT2D eigenvalue weighted by molar-refractivity contribution is 5.86. The lowest BCUT2D eigenvalue weighted by atomic mass is 10.1. The standard InChI is InChI=1S/C26H35N7O5/c1-26(2,3)38-25(34)32-7-5-19(6-8-32)33-16-28-21-23(31-9-11-36-12-10-31)29-22(30-24(21)33)18-13-20(15-27-14-18)37-17-35-4/h13-16,19H,5-12,17H2,1-4H3. The number of aromatic nitrogens is 5. The van der Waals surface area contributed by atoms with Crippen molar-refractivity contribution in [2.45, 2.75) is 45.3 Å². The van der Waals surface area contributed by atoms with E-state index in [1.807, 2.05) is 33.2 Å². The summed E-state index contributed by atoms with van der Waals surface area (Å²) in [7, 11) is 1.57. The zero-order chi connectivity index (χ0) is 26.7. The summed E-state index contributed by atoms with van der Waals surface area (Å²) < 4.78 is 23.9. The lowest BCUT2D eigenvalue weighted by Gasteiger charge is -2.34. The first-order chi connectivity index (χ1) is 18.3. The van der Waals surface area contributed by atoms with E-state index < -0.39 is 5.60 Å². The second-order valence-electron chi connectivity index (χ2n) is 10.5. The van der Waals surface area contributed by atoms with Crippen molar-refractivity contribution in [3.63, 3.8) is 0 Å². The molecule has 38 heavy (non-hydrogen) atoms. The molecule has 5 heterocycles. The molecule has 2 aliphatic heterocycles. The quantitative estimate of drug-likeness (QED) is 0.444. The Morgan fingerprint density at radius 1 is 1.11 bits per heavy atom. The molecule has 3 aromatic heterocycles. The zero-order valence-electron chi connectivity index (χ0n) is 22.4. The van der Waals surface area contributed by atoms with Crippen LogP contribution in [0.4, 0.5) is 10.6 Å². The summed E-state index contributed by atoms with van der Waals surface area (Å²) in [5.41, 5.74) is 1.74. The Balaban J connectivity index is 1.46. The van der Waals surface area contributed by atoms with E-state index in [2.05, 4.69) is 14.5 Å². The fraction of sp³-hybridized carbons (Fsp3) is 0.577. The van der Waals surface area contributed by atoms with Crippen molar-refractivity contribution in [3.05, 3.63) is 24.8 Å². The summed E-state index contributed by atoms with van der Waals surface area (Å²) in [4.78, 5) is 35.5. The smallest absolute Gasteiger partial charge is 0.410 e. The minimum atomic E-state index is -0.515. The van der Waals surface area contributed by atoms with Crippen LogP contribution in [0.15, 0.2) is 24.8 Å². The lowest BCUT2D eigenvalue weighted by Crippen LogP contribution is -2.42. The van der Waals surface area contributed by atoms with E-state index in [1.54, 1.807) is 24.4 Å². The van der Waals surface area contributed by atoms with Crippen molar-refractivity contribution in [1.82, 2.24) is 29.4 Å². The molecule has 0 atom stereocenters. The minimum Gasteiger partial charge on any atom is -0.466 e. The van der Waals surface area contributed by atoms with Crippen LogP contribution in [-0.2, 0) is 14.2 Å². The molecule has 12 nitrogen and oxygen atoms in total. The normalized spacial score (nSPS) is 17.2. The molecule has 5 rings (SSSR count). The molecule has 1 amide bonds. The lowest BCUT2D eigenvalue weighted by molar-refractivity contribution is 0.0189. The summed E-state index contributed by atoms with van der Waals surface area (Å²) in [6.07, 6.45) is 6.49. The molecule has 2 aliphatic rings. The van der Waals surface area contributed by atoms with Crippen LogP contribution in [0, 0.1) is 0 Å². The Kier molecular flexibility index (Phi) is 7.61. The fourth-order valence-corrected chi connectivity index (χ4v) is 4.69. The SMILES string of the molecule is COCOc1cncc(-c2nc(N3CCOCC3)c3ncn(C4CCN(C(=O)OC(C)(C)C)CC4)c3n2)c1. The minimum absolute atomic E-state index is 0.124. The number of nitrogens with zero attached hydrogens (tertiary/aromatic N) is 7. The highest BCUT2D eigenvalue weighted by Gasteiger charge is 2.29. The molecule has 0 N–H and O–H groups in total. The Labute approximate surface area is 221 Å². The number of fused-ring (bicyclic) bond motifs is 1. The van der Waals surface area contributed by atoms with E-state index in [1.165, 1.54) is 0 Å². The van der Waals surface area contributed by atoms with Crippen molar-refractivity contribution in [3.8, 4) is 17.1 Å². The van der Waals surface area contributed by atoms with Crippen LogP contribution >= 0.6 is 0 Å². The number of ether oxygens (including phenoxy) is 4. The number of anilines is 1. The number of likely N-dealkylation sites (tertiary alicyclic amines) is 1. The highest BCUT2D eigenvalue weighted by atomic mass is 16.7. The number of hydrogen-bond acceptors (Lipinski definition) is 10. The Morgan fingerprint density at radius 2 is 1.87 bits per heavy atom. The Bertz CT molecular complexity index is 1260. The van der Waals surface area contributed by atoms with Gasteiger partial charge in [-0.25, -0.2) is 19.7 Å². The maximum absolute atomic E-state index is 12.6. The maximum Gasteiger partial charge on any atom is 0.410 e. The largest absolute Gasteiger partial charge is 0.466 e. The van der Waals surface area contributed by atoms with Crippen molar-refractivity contribution in [2.75, 3.05) is 58.2 Å². The summed E-state index contributed by atoms with van der Waals surface area (Å²) >= 11 is 0. The number of carbonyl (C=O) groups is 1. The molecule has 204 valence electrons. The molecule has 12 heteroatoms. The van der Waals surface area contributed by atoms with E-state index in [4.69, 9.17) is 33.9 Å². The van der Waals surface area contributed by atoms with Gasteiger partial charge in [0.15, 0.2) is 29.6 Å². The van der Waals surface area contributed by atoms with Gasteiger partial charge in [0.2, 0.25) is 0 Å². The molecule has 0 saturated carbocycles. The van der Waals surface area contributed by atoms with Gasteiger partial charge in [0, 0.05) is 51.1 Å². The van der Waals surface area contributed by atoms with E-state index in [0.29, 0.717) is 37.9 Å². The van der Waals surface area contributed by atoms with Crippen LogP contribution < -0.4 is 9.64 Å². The second kappa shape index (κ2) is 11.1. The number of piperidine rings is 1. The van der Waals surface area contributed by atoms with E-state index in [9.17, 15) is 4.79 Å².